The van der Waals surface area contributed by atoms with Gasteiger partial charge in [-0.25, -0.2) is 4.98 Å². The van der Waals surface area contributed by atoms with Crippen molar-refractivity contribution >= 4 is 42.3 Å². The van der Waals surface area contributed by atoms with Crippen LogP contribution in [0.2, 0.25) is 5.02 Å². The molecule has 2 atom stereocenters. The standard InChI is InChI=1S/C18H22ClN3O2.2ClH/c1-12-8-9-20-10-15(12)22-17(23)6-7-18-21-11-16(24-18)13-2-4-14(19)5-3-13;;/h2-5,11-12,15,20H,6-10H2,1H3,(H,22,23);2*1H. The molecule has 1 aliphatic rings. The molecule has 3 rings (SSSR count). The molecular weight excluding hydrogens is 397 g/mol. The van der Waals surface area contributed by atoms with Gasteiger partial charge < -0.3 is 15.1 Å². The van der Waals surface area contributed by atoms with Gasteiger partial charge in [0.15, 0.2) is 11.7 Å². The first kappa shape index (κ1) is 22.8. The molecule has 0 bridgehead atoms. The number of oxazole rings is 1. The van der Waals surface area contributed by atoms with Gasteiger partial charge in [0.05, 0.1) is 6.20 Å². The maximum atomic E-state index is 12.1. The van der Waals surface area contributed by atoms with Gasteiger partial charge in [-0.3, -0.25) is 4.79 Å². The van der Waals surface area contributed by atoms with E-state index in [2.05, 4.69) is 22.5 Å². The predicted molar refractivity (Wildman–Crippen MR) is 108 cm³/mol. The average Bonchev–Trinajstić information content (AvgIpc) is 3.05. The summed E-state index contributed by atoms with van der Waals surface area (Å²) in [5, 5.41) is 7.09. The van der Waals surface area contributed by atoms with E-state index in [1.807, 2.05) is 24.3 Å². The van der Waals surface area contributed by atoms with Gasteiger partial charge in [0.2, 0.25) is 5.91 Å². The molecule has 144 valence electrons. The quantitative estimate of drug-likeness (QED) is 0.770. The summed E-state index contributed by atoms with van der Waals surface area (Å²) in [6.45, 7) is 4.04. The Kier molecular flexibility index (Phi) is 9.44. The minimum Gasteiger partial charge on any atom is -0.441 e. The SMILES string of the molecule is CC1CCNCC1NC(=O)CCc1ncc(-c2ccc(Cl)cc2)o1.Cl.Cl. The fourth-order valence-electron chi connectivity index (χ4n) is 2.86. The van der Waals surface area contributed by atoms with Crippen LogP contribution in [0.25, 0.3) is 11.3 Å². The minimum absolute atomic E-state index is 0. The summed E-state index contributed by atoms with van der Waals surface area (Å²) in [5.74, 6) is 1.81. The van der Waals surface area contributed by atoms with Gasteiger partial charge in [-0.15, -0.1) is 24.8 Å². The number of piperidine rings is 1. The van der Waals surface area contributed by atoms with Crippen molar-refractivity contribution in [3.63, 3.8) is 0 Å². The molecular formula is C18H24Cl3N3O2. The van der Waals surface area contributed by atoms with Crippen molar-refractivity contribution in [3.8, 4) is 11.3 Å². The van der Waals surface area contributed by atoms with Gasteiger partial charge in [-0.2, -0.15) is 0 Å². The van der Waals surface area contributed by atoms with Crippen LogP contribution in [0.1, 0.15) is 25.7 Å². The summed E-state index contributed by atoms with van der Waals surface area (Å²) in [5.41, 5.74) is 0.921. The number of amides is 1. The first-order valence-electron chi connectivity index (χ1n) is 8.32. The number of carbonyl (C=O) groups is 1. The lowest BCUT2D eigenvalue weighted by molar-refractivity contribution is -0.122. The van der Waals surface area contributed by atoms with Crippen LogP contribution in [-0.2, 0) is 11.2 Å². The van der Waals surface area contributed by atoms with Crippen LogP contribution in [0, 0.1) is 5.92 Å². The molecule has 1 amide bonds. The third-order valence-electron chi connectivity index (χ3n) is 4.42. The molecule has 1 fully saturated rings. The van der Waals surface area contributed by atoms with Crippen LogP contribution in [0.15, 0.2) is 34.9 Å². The third-order valence-corrected chi connectivity index (χ3v) is 4.67. The number of nitrogens with zero attached hydrogens (tertiary/aromatic N) is 1. The first-order valence-corrected chi connectivity index (χ1v) is 8.70. The number of carbonyl (C=O) groups excluding carboxylic acids is 1. The molecule has 0 saturated carbocycles. The highest BCUT2D eigenvalue weighted by Crippen LogP contribution is 2.22. The van der Waals surface area contributed by atoms with Crippen LogP contribution >= 0.6 is 36.4 Å². The summed E-state index contributed by atoms with van der Waals surface area (Å²) in [4.78, 5) is 16.4. The molecule has 26 heavy (non-hydrogen) atoms. The van der Waals surface area contributed by atoms with Crippen molar-refractivity contribution in [3.05, 3.63) is 41.4 Å². The number of halogens is 3. The maximum Gasteiger partial charge on any atom is 0.220 e. The fraction of sp³-hybridized carbons (Fsp3) is 0.444. The van der Waals surface area contributed by atoms with Gasteiger partial charge >= 0.3 is 0 Å². The minimum atomic E-state index is 0. The Morgan fingerprint density at radius 1 is 1.35 bits per heavy atom. The highest BCUT2D eigenvalue weighted by molar-refractivity contribution is 6.30. The molecule has 0 radical (unpaired) electrons. The number of benzene rings is 1. The molecule has 2 unspecified atom stereocenters. The number of nitrogens with one attached hydrogen (secondary N) is 2. The molecule has 1 aromatic heterocycles. The Labute approximate surface area is 171 Å². The van der Waals surface area contributed by atoms with Crippen molar-refractivity contribution in [1.29, 1.82) is 0 Å². The Balaban J connectivity index is 0.00000169. The first-order chi connectivity index (χ1) is 11.6. The molecule has 1 saturated heterocycles. The Morgan fingerprint density at radius 3 is 2.77 bits per heavy atom. The highest BCUT2D eigenvalue weighted by Gasteiger charge is 2.22. The second-order valence-electron chi connectivity index (χ2n) is 6.27. The van der Waals surface area contributed by atoms with E-state index in [1.54, 1.807) is 6.20 Å². The molecule has 2 N–H and O–H groups in total. The normalized spacial score (nSPS) is 19.2. The predicted octanol–water partition coefficient (Wildman–Crippen LogP) is 3.89. The second-order valence-corrected chi connectivity index (χ2v) is 6.71. The van der Waals surface area contributed by atoms with Crippen LogP contribution in [0.4, 0.5) is 0 Å². The van der Waals surface area contributed by atoms with Crippen LogP contribution in [0.5, 0.6) is 0 Å². The molecule has 0 aliphatic carbocycles. The van der Waals surface area contributed by atoms with Gasteiger partial charge in [-0.1, -0.05) is 18.5 Å². The zero-order valence-corrected chi connectivity index (χ0v) is 16.9. The highest BCUT2D eigenvalue weighted by atomic mass is 35.5. The Morgan fingerprint density at radius 2 is 2.08 bits per heavy atom. The van der Waals surface area contributed by atoms with Crippen molar-refractivity contribution in [2.75, 3.05) is 13.1 Å². The van der Waals surface area contributed by atoms with E-state index in [9.17, 15) is 4.79 Å². The lowest BCUT2D eigenvalue weighted by atomic mass is 9.95. The van der Waals surface area contributed by atoms with Crippen molar-refractivity contribution in [2.24, 2.45) is 5.92 Å². The molecule has 0 spiro atoms. The Bertz CT molecular complexity index is 691. The number of aromatic nitrogens is 1. The van der Waals surface area contributed by atoms with E-state index in [-0.39, 0.29) is 36.8 Å². The lowest BCUT2D eigenvalue weighted by Crippen LogP contribution is -2.50. The fourth-order valence-corrected chi connectivity index (χ4v) is 2.98. The van der Waals surface area contributed by atoms with Crippen molar-refractivity contribution in [2.45, 2.75) is 32.2 Å². The second kappa shape index (κ2) is 10.8. The van der Waals surface area contributed by atoms with Gasteiger partial charge in [-0.05, 0) is 43.1 Å². The zero-order valence-electron chi connectivity index (χ0n) is 14.5. The summed E-state index contributed by atoms with van der Waals surface area (Å²) in [6, 6.07) is 7.60. The number of hydrogen-bond donors (Lipinski definition) is 2. The van der Waals surface area contributed by atoms with E-state index in [0.717, 1.165) is 25.1 Å². The van der Waals surface area contributed by atoms with Gasteiger partial charge in [0.1, 0.15) is 0 Å². The summed E-state index contributed by atoms with van der Waals surface area (Å²) in [7, 11) is 0. The maximum absolute atomic E-state index is 12.1. The van der Waals surface area contributed by atoms with Gasteiger partial charge in [0.25, 0.3) is 0 Å². The zero-order chi connectivity index (χ0) is 16.9. The third kappa shape index (κ3) is 6.16. The molecule has 5 nitrogen and oxygen atoms in total. The topological polar surface area (TPSA) is 67.2 Å². The largest absolute Gasteiger partial charge is 0.441 e. The van der Waals surface area contributed by atoms with Crippen LogP contribution < -0.4 is 10.6 Å². The van der Waals surface area contributed by atoms with Crippen molar-refractivity contribution < 1.29 is 9.21 Å². The summed E-state index contributed by atoms with van der Waals surface area (Å²) >= 11 is 5.88. The molecule has 1 aliphatic heterocycles. The monoisotopic (exact) mass is 419 g/mol. The Hall–Kier alpha value is -1.27. The van der Waals surface area contributed by atoms with E-state index < -0.39 is 0 Å². The molecule has 8 heteroatoms. The number of aryl methyl sites for hydroxylation is 1. The smallest absolute Gasteiger partial charge is 0.220 e. The summed E-state index contributed by atoms with van der Waals surface area (Å²) < 4.78 is 5.72. The van der Waals surface area contributed by atoms with Crippen molar-refractivity contribution in [1.82, 2.24) is 15.6 Å². The number of rotatable bonds is 5. The molecule has 2 aromatic rings. The van der Waals surface area contributed by atoms with E-state index in [4.69, 9.17) is 16.0 Å². The van der Waals surface area contributed by atoms with Crippen LogP contribution in [-0.4, -0.2) is 30.0 Å². The average molecular weight is 421 g/mol. The van der Waals surface area contributed by atoms with Gasteiger partial charge in [0, 0.05) is 36.0 Å². The summed E-state index contributed by atoms with van der Waals surface area (Å²) in [6.07, 6.45) is 3.65. The molecule has 1 aromatic carbocycles. The van der Waals surface area contributed by atoms with E-state index in [1.165, 1.54) is 0 Å². The van der Waals surface area contributed by atoms with Crippen LogP contribution in [0.3, 0.4) is 0 Å². The lowest BCUT2D eigenvalue weighted by Gasteiger charge is -2.30. The number of hydrogen-bond acceptors (Lipinski definition) is 4. The van der Waals surface area contributed by atoms with E-state index in [0.29, 0.717) is 35.4 Å². The molecule has 2 heterocycles. The van der Waals surface area contributed by atoms with E-state index >= 15 is 0 Å².